The molecule has 0 radical (unpaired) electrons. The molecule has 3 aliphatic heterocycles. The van der Waals surface area contributed by atoms with Gasteiger partial charge in [-0.25, -0.2) is 14.5 Å². The summed E-state index contributed by atoms with van der Waals surface area (Å²) in [6.07, 6.45) is 6.89. The lowest BCUT2D eigenvalue weighted by Crippen LogP contribution is -2.55. The number of hydrogen-bond donors (Lipinski definition) is 2. The summed E-state index contributed by atoms with van der Waals surface area (Å²) in [4.78, 5) is 83.3. The van der Waals surface area contributed by atoms with E-state index in [9.17, 15) is 24.0 Å². The van der Waals surface area contributed by atoms with E-state index in [1.807, 2.05) is 42.3 Å². The lowest BCUT2D eigenvalue weighted by Gasteiger charge is -2.40. The smallest absolute Gasteiger partial charge is 0.274 e. The highest BCUT2D eigenvalue weighted by molar-refractivity contribution is 6.03. The number of nitrogens with zero attached hydrogens (tertiary/aromatic N) is 8. The number of aromatic amines is 1. The topological polar surface area (TPSA) is 158 Å². The quantitative estimate of drug-likeness (QED) is 0.159. The molecule has 4 fully saturated rings. The third-order valence-corrected chi connectivity index (χ3v) is 14.2. The molecule has 0 bridgehead atoms. The maximum atomic E-state index is 15.1. The number of carbonyl (C=O) groups is 4. The molecule has 2 N–H and O–H groups in total. The maximum Gasteiger partial charge on any atom is 0.274 e. The number of piperidine rings is 1. The minimum absolute atomic E-state index is 0.0243. The number of piperazine rings is 2. The predicted molar refractivity (Wildman–Crippen MR) is 259 cm³/mol. The van der Waals surface area contributed by atoms with E-state index in [1.54, 1.807) is 40.3 Å². The summed E-state index contributed by atoms with van der Waals surface area (Å²) in [5.41, 5.74) is 4.77. The molecule has 0 spiro atoms. The largest absolute Gasteiger partial charge is 0.338 e. The number of anilines is 1. The van der Waals surface area contributed by atoms with Crippen LogP contribution in [0, 0.1) is 11.7 Å². The van der Waals surface area contributed by atoms with Crippen molar-refractivity contribution in [2.75, 3.05) is 97.4 Å². The van der Waals surface area contributed by atoms with Gasteiger partial charge in [-0.2, -0.15) is 5.10 Å². The third kappa shape index (κ3) is 11.0. The van der Waals surface area contributed by atoms with Gasteiger partial charge in [0.15, 0.2) is 5.69 Å². The first-order valence-corrected chi connectivity index (χ1v) is 24.1. The van der Waals surface area contributed by atoms with Gasteiger partial charge in [0.05, 0.1) is 35.4 Å². The zero-order valence-corrected chi connectivity index (χ0v) is 39.1. The second-order valence-electron chi connectivity index (χ2n) is 18.9. The fraction of sp³-hybridized carbons (Fsp3) is 0.442. The average Bonchev–Trinajstić information content (AvgIpc) is 4.22. The van der Waals surface area contributed by atoms with Crippen LogP contribution < -0.4 is 10.9 Å². The van der Waals surface area contributed by atoms with E-state index in [1.165, 1.54) is 11.6 Å². The van der Waals surface area contributed by atoms with E-state index in [0.717, 1.165) is 76.0 Å². The van der Waals surface area contributed by atoms with Crippen molar-refractivity contribution in [3.05, 3.63) is 123 Å². The molecule has 68 heavy (non-hydrogen) atoms. The summed E-state index contributed by atoms with van der Waals surface area (Å²) in [6, 6.07) is 22.2. The molecule has 3 saturated heterocycles. The molecule has 2 aromatic heterocycles. The van der Waals surface area contributed by atoms with Crippen LogP contribution in [-0.2, 0) is 22.4 Å². The monoisotopic (exact) mass is 924 g/mol. The van der Waals surface area contributed by atoms with Gasteiger partial charge in [-0.1, -0.05) is 55.5 Å². The fourth-order valence-electron chi connectivity index (χ4n) is 9.85. The SMILES string of the molecule is CCc1cccc(-c2cnc(C(=O)N3CCC(CN4CCN(CC(=O)N5CCN(C(=O)c6cc(Cc7n[nH]c(=O)c8ccccc78)ccc6F)CC5)CC4)CC3)c(NC(=O)CN(C)C3CC3)c2)c1. The second kappa shape index (κ2) is 20.9. The second-order valence-corrected chi connectivity index (χ2v) is 18.9. The number of rotatable bonds is 14. The molecule has 1 aliphatic carbocycles. The highest BCUT2D eigenvalue weighted by Crippen LogP contribution is 2.29. The Morgan fingerprint density at radius 1 is 0.750 bits per heavy atom. The number of likely N-dealkylation sites (N-methyl/N-ethyl adjacent to an activating group) is 1. The first kappa shape index (κ1) is 46.7. The molecular weight excluding hydrogens is 864 g/mol. The molecule has 0 unspecified atom stereocenters. The summed E-state index contributed by atoms with van der Waals surface area (Å²) < 4.78 is 15.1. The van der Waals surface area contributed by atoms with E-state index in [0.29, 0.717) is 91.9 Å². The Morgan fingerprint density at radius 2 is 1.46 bits per heavy atom. The van der Waals surface area contributed by atoms with Gasteiger partial charge in [-0.3, -0.25) is 33.8 Å². The number of carbonyl (C=O) groups excluding carboxylic acids is 4. The van der Waals surface area contributed by atoms with Crippen LogP contribution in [0.3, 0.4) is 0 Å². The Bertz CT molecular complexity index is 2720. The Morgan fingerprint density at radius 3 is 2.19 bits per heavy atom. The zero-order chi connectivity index (χ0) is 47.3. The van der Waals surface area contributed by atoms with E-state index in [2.05, 4.69) is 54.3 Å². The summed E-state index contributed by atoms with van der Waals surface area (Å²) >= 11 is 0. The van der Waals surface area contributed by atoms with Crippen molar-refractivity contribution in [3.63, 3.8) is 0 Å². The molecule has 0 atom stereocenters. The minimum atomic E-state index is -0.607. The van der Waals surface area contributed by atoms with Gasteiger partial charge in [0.2, 0.25) is 11.8 Å². The molecule has 16 heteroatoms. The Labute approximate surface area is 396 Å². The minimum Gasteiger partial charge on any atom is -0.338 e. The first-order chi connectivity index (χ1) is 33.0. The number of hydrogen-bond acceptors (Lipinski definition) is 10. The van der Waals surface area contributed by atoms with Gasteiger partial charge >= 0.3 is 0 Å². The number of benzene rings is 3. The molecule has 5 aromatic rings. The molecule has 5 heterocycles. The number of aryl methyl sites for hydroxylation is 1. The van der Waals surface area contributed by atoms with Crippen LogP contribution in [0.1, 0.15) is 70.3 Å². The van der Waals surface area contributed by atoms with Gasteiger partial charge in [-0.05, 0) is 86.0 Å². The van der Waals surface area contributed by atoms with Crippen molar-refractivity contribution in [2.45, 2.75) is 51.5 Å². The normalized spacial score (nSPS) is 17.5. The van der Waals surface area contributed by atoms with Gasteiger partial charge < -0.3 is 24.9 Å². The number of amides is 4. The van der Waals surface area contributed by atoms with Crippen molar-refractivity contribution >= 4 is 40.1 Å². The van der Waals surface area contributed by atoms with E-state index in [-0.39, 0.29) is 41.1 Å². The Hall–Kier alpha value is -6.36. The van der Waals surface area contributed by atoms with Crippen molar-refractivity contribution in [2.24, 2.45) is 5.92 Å². The molecule has 356 valence electrons. The highest BCUT2D eigenvalue weighted by atomic mass is 19.1. The number of pyridine rings is 1. The Kier molecular flexibility index (Phi) is 14.4. The highest BCUT2D eigenvalue weighted by Gasteiger charge is 2.32. The van der Waals surface area contributed by atoms with Gasteiger partial charge in [0.25, 0.3) is 17.4 Å². The molecule has 3 aromatic carbocycles. The van der Waals surface area contributed by atoms with E-state index < -0.39 is 11.7 Å². The van der Waals surface area contributed by atoms with Crippen molar-refractivity contribution in [1.82, 2.24) is 44.6 Å². The van der Waals surface area contributed by atoms with Crippen LogP contribution >= 0.6 is 0 Å². The van der Waals surface area contributed by atoms with Crippen LogP contribution in [0.2, 0.25) is 0 Å². The molecular formula is C52H61FN10O5. The van der Waals surface area contributed by atoms with Crippen molar-refractivity contribution in [3.8, 4) is 11.1 Å². The number of aromatic nitrogens is 3. The van der Waals surface area contributed by atoms with Gasteiger partial charge in [0, 0.05) is 102 Å². The van der Waals surface area contributed by atoms with Crippen LogP contribution in [0.25, 0.3) is 21.9 Å². The molecule has 15 nitrogen and oxygen atoms in total. The summed E-state index contributed by atoms with van der Waals surface area (Å²) in [5, 5.41) is 11.0. The number of halogens is 1. The number of likely N-dealkylation sites (tertiary alicyclic amines) is 1. The standard InChI is InChI=1S/C52H61FN10O5/c1-3-35-7-6-8-38(27-35)39-30-46(55-47(64)33-58(2)40-12-13-40)49(54-31-39)52(68)62-17-15-36(16-18-62)32-59-19-21-60(22-20-59)34-48(65)61-23-25-63(26-24-61)51(67)43-28-37(11-14-44(43)53)29-45-41-9-4-5-10-42(41)50(66)57-56-45/h4-11,14,27-28,30-31,36,40H,3,12-13,15-26,29,32-34H2,1-2H3,(H,55,64)(H,57,66). The van der Waals surface area contributed by atoms with Crippen LogP contribution in [0.4, 0.5) is 10.1 Å². The van der Waals surface area contributed by atoms with E-state index >= 15 is 4.39 Å². The number of fused-ring (bicyclic) bond motifs is 1. The summed E-state index contributed by atoms with van der Waals surface area (Å²) in [5.74, 6) is -0.878. The molecule has 9 rings (SSSR count). The summed E-state index contributed by atoms with van der Waals surface area (Å²) in [6.45, 7) is 9.48. The van der Waals surface area contributed by atoms with Gasteiger partial charge in [0.1, 0.15) is 5.82 Å². The number of H-pyrrole nitrogens is 1. The van der Waals surface area contributed by atoms with Crippen molar-refractivity contribution in [1.29, 1.82) is 0 Å². The molecule has 4 aliphatic rings. The maximum absolute atomic E-state index is 15.1. The molecule has 1 saturated carbocycles. The Balaban J connectivity index is 0.721. The third-order valence-electron chi connectivity index (χ3n) is 14.2. The average molecular weight is 925 g/mol. The number of nitrogens with one attached hydrogen (secondary N) is 2. The lowest BCUT2D eigenvalue weighted by molar-refractivity contribution is -0.134. The lowest BCUT2D eigenvalue weighted by atomic mass is 9.95. The van der Waals surface area contributed by atoms with E-state index in [4.69, 9.17) is 0 Å². The first-order valence-electron chi connectivity index (χ1n) is 24.1. The van der Waals surface area contributed by atoms with Crippen LogP contribution in [0.5, 0.6) is 0 Å². The van der Waals surface area contributed by atoms with Gasteiger partial charge in [-0.15, -0.1) is 0 Å². The van der Waals surface area contributed by atoms with Crippen LogP contribution in [-0.4, -0.2) is 166 Å². The fourth-order valence-corrected chi connectivity index (χ4v) is 9.85. The predicted octanol–water partition coefficient (Wildman–Crippen LogP) is 4.76. The zero-order valence-electron chi connectivity index (χ0n) is 39.1. The summed E-state index contributed by atoms with van der Waals surface area (Å²) in [7, 11) is 1.96. The van der Waals surface area contributed by atoms with Crippen LogP contribution in [0.15, 0.2) is 83.8 Å². The van der Waals surface area contributed by atoms with Crippen molar-refractivity contribution < 1.29 is 23.6 Å². The molecule has 4 amide bonds.